The summed E-state index contributed by atoms with van der Waals surface area (Å²) in [6, 6.07) is 6.53. The van der Waals surface area contributed by atoms with Gasteiger partial charge in [-0.05, 0) is 13.1 Å². The van der Waals surface area contributed by atoms with Gasteiger partial charge in [-0.25, -0.2) is 0 Å². The van der Waals surface area contributed by atoms with Crippen molar-refractivity contribution in [3.05, 3.63) is 35.9 Å². The van der Waals surface area contributed by atoms with Crippen LogP contribution in [-0.2, 0) is 5.41 Å². The summed E-state index contributed by atoms with van der Waals surface area (Å²) in [5.74, 6) is 1.73. The number of hydrogen-bond donors (Lipinski definition) is 0. The van der Waals surface area contributed by atoms with E-state index in [9.17, 15) is 0 Å². The second kappa shape index (κ2) is 4.02. The summed E-state index contributed by atoms with van der Waals surface area (Å²) in [6.07, 6.45) is 4.56. The zero-order valence-electron chi connectivity index (χ0n) is 11.1. The zero-order valence-corrected chi connectivity index (χ0v) is 11.1. The van der Waals surface area contributed by atoms with Crippen LogP contribution in [-0.4, -0.2) is 38.3 Å². The summed E-state index contributed by atoms with van der Waals surface area (Å²) in [7, 11) is 3.84. The lowest BCUT2D eigenvalue weighted by molar-refractivity contribution is 0.0931. The smallest absolute Gasteiger partial charge is 0.165 e. The molecule has 0 saturated heterocycles. The number of hydrogen-bond acceptors (Lipinski definition) is 3. The van der Waals surface area contributed by atoms with Gasteiger partial charge in [0.1, 0.15) is 6.61 Å². The highest BCUT2D eigenvalue weighted by molar-refractivity contribution is 5.54. The van der Waals surface area contributed by atoms with Crippen molar-refractivity contribution in [2.45, 2.75) is 18.4 Å². The third kappa shape index (κ3) is 1.47. The molecule has 2 aliphatic rings. The van der Waals surface area contributed by atoms with E-state index in [0.717, 1.165) is 18.0 Å². The first-order valence-electron chi connectivity index (χ1n) is 6.35. The number of methoxy groups -OCH3 is 1. The van der Waals surface area contributed by atoms with Crippen LogP contribution in [0.5, 0.6) is 11.5 Å². The van der Waals surface area contributed by atoms with Crippen LogP contribution < -0.4 is 9.47 Å². The summed E-state index contributed by atoms with van der Waals surface area (Å²) in [4.78, 5) is 2.35. The Balaban J connectivity index is 2.17. The SMILES string of the molecule is COc1cccc2c1OC[C@H]1N(C)CC=C[C@]21C. The van der Waals surface area contributed by atoms with E-state index >= 15 is 0 Å². The Morgan fingerprint density at radius 1 is 1.44 bits per heavy atom. The maximum Gasteiger partial charge on any atom is 0.165 e. The Bertz CT molecular complexity index is 497. The van der Waals surface area contributed by atoms with Crippen molar-refractivity contribution < 1.29 is 9.47 Å². The third-order valence-corrected chi connectivity index (χ3v) is 4.25. The van der Waals surface area contributed by atoms with Crippen LogP contribution in [0.25, 0.3) is 0 Å². The van der Waals surface area contributed by atoms with Crippen molar-refractivity contribution in [1.82, 2.24) is 4.90 Å². The highest BCUT2D eigenvalue weighted by Gasteiger charge is 2.44. The van der Waals surface area contributed by atoms with Gasteiger partial charge in [-0.2, -0.15) is 0 Å². The van der Waals surface area contributed by atoms with Gasteiger partial charge >= 0.3 is 0 Å². The molecule has 0 aliphatic carbocycles. The predicted molar refractivity (Wildman–Crippen MR) is 71.4 cm³/mol. The molecule has 3 heteroatoms. The molecule has 2 aliphatic heterocycles. The lowest BCUT2D eigenvalue weighted by Gasteiger charge is -2.47. The van der Waals surface area contributed by atoms with E-state index in [1.165, 1.54) is 5.56 Å². The summed E-state index contributed by atoms with van der Waals surface area (Å²) >= 11 is 0. The predicted octanol–water partition coefficient (Wildman–Crippen LogP) is 2.22. The molecule has 0 bridgehead atoms. The normalized spacial score (nSPS) is 30.3. The number of ether oxygens (including phenoxy) is 2. The standard InChI is InChI=1S/C15H19NO2/c1-15-8-5-9-16(2)13(15)10-18-14-11(15)6-4-7-12(14)17-3/h4-8,13H,9-10H2,1-3H3/t13-,15-/m1/s1. The Morgan fingerprint density at radius 2 is 2.28 bits per heavy atom. The lowest BCUT2D eigenvalue weighted by Crippen LogP contribution is -2.54. The van der Waals surface area contributed by atoms with Crippen molar-refractivity contribution in [2.75, 3.05) is 27.3 Å². The number of likely N-dealkylation sites (N-methyl/N-ethyl adjacent to an activating group) is 1. The molecule has 0 saturated carbocycles. The molecular weight excluding hydrogens is 226 g/mol. The van der Waals surface area contributed by atoms with Crippen molar-refractivity contribution in [3.63, 3.8) is 0 Å². The molecule has 1 aromatic rings. The molecule has 0 amide bonds. The topological polar surface area (TPSA) is 21.7 Å². The highest BCUT2D eigenvalue weighted by atomic mass is 16.5. The molecular formula is C15H19NO2. The first-order valence-corrected chi connectivity index (χ1v) is 6.35. The Labute approximate surface area is 108 Å². The second-order valence-electron chi connectivity index (χ2n) is 5.29. The molecule has 0 fully saturated rings. The van der Waals surface area contributed by atoms with E-state index in [-0.39, 0.29) is 5.41 Å². The highest BCUT2D eigenvalue weighted by Crippen LogP contribution is 2.46. The summed E-state index contributed by atoms with van der Waals surface area (Å²) < 4.78 is 11.4. The minimum atomic E-state index is 0.00905. The lowest BCUT2D eigenvalue weighted by atomic mass is 9.72. The first-order chi connectivity index (χ1) is 8.66. The van der Waals surface area contributed by atoms with Crippen molar-refractivity contribution >= 4 is 0 Å². The van der Waals surface area contributed by atoms with E-state index in [1.54, 1.807) is 7.11 Å². The number of rotatable bonds is 1. The molecule has 0 radical (unpaired) electrons. The maximum atomic E-state index is 5.95. The molecule has 2 atom stereocenters. The van der Waals surface area contributed by atoms with Gasteiger partial charge in [0.05, 0.1) is 13.2 Å². The minimum absolute atomic E-state index is 0.00905. The fourth-order valence-corrected chi connectivity index (χ4v) is 3.14. The van der Waals surface area contributed by atoms with Crippen LogP contribution in [0.2, 0.25) is 0 Å². The van der Waals surface area contributed by atoms with Crippen molar-refractivity contribution in [1.29, 1.82) is 0 Å². The maximum absolute atomic E-state index is 5.95. The monoisotopic (exact) mass is 245 g/mol. The Kier molecular flexibility index (Phi) is 2.59. The number of nitrogens with zero attached hydrogens (tertiary/aromatic N) is 1. The summed E-state index contributed by atoms with van der Waals surface area (Å²) in [5.41, 5.74) is 1.23. The molecule has 96 valence electrons. The van der Waals surface area contributed by atoms with E-state index in [1.807, 2.05) is 12.1 Å². The van der Waals surface area contributed by atoms with Gasteiger partial charge in [-0.15, -0.1) is 0 Å². The summed E-state index contributed by atoms with van der Waals surface area (Å²) in [6.45, 7) is 3.98. The van der Waals surface area contributed by atoms with Crippen LogP contribution in [0.4, 0.5) is 0 Å². The van der Waals surface area contributed by atoms with Crippen molar-refractivity contribution in [3.8, 4) is 11.5 Å². The van der Waals surface area contributed by atoms with E-state index in [4.69, 9.17) is 9.47 Å². The van der Waals surface area contributed by atoms with E-state index in [0.29, 0.717) is 12.6 Å². The fourth-order valence-electron chi connectivity index (χ4n) is 3.14. The van der Waals surface area contributed by atoms with Gasteiger partial charge < -0.3 is 9.47 Å². The quantitative estimate of drug-likeness (QED) is 0.708. The Hall–Kier alpha value is -1.48. The second-order valence-corrected chi connectivity index (χ2v) is 5.29. The molecule has 1 aromatic carbocycles. The van der Waals surface area contributed by atoms with Crippen molar-refractivity contribution in [2.24, 2.45) is 0 Å². The molecule has 3 nitrogen and oxygen atoms in total. The van der Waals surface area contributed by atoms with Gasteiger partial charge in [-0.1, -0.05) is 31.2 Å². The minimum Gasteiger partial charge on any atom is -0.493 e. The van der Waals surface area contributed by atoms with Crippen LogP contribution in [0.1, 0.15) is 12.5 Å². The molecule has 0 N–H and O–H groups in total. The molecule has 0 unspecified atom stereocenters. The van der Waals surface area contributed by atoms with Crippen LogP contribution in [0.15, 0.2) is 30.4 Å². The van der Waals surface area contributed by atoms with Gasteiger partial charge in [0.25, 0.3) is 0 Å². The van der Waals surface area contributed by atoms with Gasteiger partial charge in [0, 0.05) is 17.5 Å². The zero-order chi connectivity index (χ0) is 12.8. The molecule has 0 spiro atoms. The average Bonchev–Trinajstić information content (AvgIpc) is 2.38. The van der Waals surface area contributed by atoms with Gasteiger partial charge in [-0.3, -0.25) is 4.90 Å². The van der Waals surface area contributed by atoms with Crippen LogP contribution in [0, 0.1) is 0 Å². The fraction of sp³-hybridized carbons (Fsp3) is 0.467. The molecule has 18 heavy (non-hydrogen) atoms. The number of fused-ring (bicyclic) bond motifs is 3. The average molecular weight is 245 g/mol. The van der Waals surface area contributed by atoms with Gasteiger partial charge in [0.2, 0.25) is 0 Å². The molecule has 3 rings (SSSR count). The third-order valence-electron chi connectivity index (χ3n) is 4.25. The number of benzene rings is 1. The van der Waals surface area contributed by atoms with Gasteiger partial charge in [0.15, 0.2) is 11.5 Å². The van der Waals surface area contributed by atoms with Crippen LogP contribution >= 0.6 is 0 Å². The largest absolute Gasteiger partial charge is 0.493 e. The van der Waals surface area contributed by atoms with Crippen LogP contribution in [0.3, 0.4) is 0 Å². The molecule has 2 heterocycles. The summed E-state index contributed by atoms with van der Waals surface area (Å²) in [5, 5.41) is 0. The molecule has 0 aromatic heterocycles. The van der Waals surface area contributed by atoms with E-state index < -0.39 is 0 Å². The first kappa shape index (κ1) is 11.6. The Morgan fingerprint density at radius 3 is 3.06 bits per heavy atom. The van der Waals surface area contributed by atoms with E-state index in [2.05, 4.69) is 37.1 Å². The number of para-hydroxylation sites is 1.